The molecule has 0 amide bonds. The molecular weight excluding hydrogens is 326 g/mol. The van der Waals surface area contributed by atoms with Gasteiger partial charge in [-0.05, 0) is 31.0 Å². The predicted molar refractivity (Wildman–Crippen MR) is 90.2 cm³/mol. The summed E-state index contributed by atoms with van der Waals surface area (Å²) in [5.41, 5.74) is 8.64. The zero-order chi connectivity index (χ0) is 18.1. The van der Waals surface area contributed by atoms with E-state index >= 15 is 0 Å². The summed E-state index contributed by atoms with van der Waals surface area (Å²) in [5.74, 6) is -0.249. The summed E-state index contributed by atoms with van der Waals surface area (Å²) in [5, 5.41) is 15.0. The molecule has 0 unspecified atom stereocenters. The monoisotopic (exact) mass is 341 g/mol. The molecule has 2 N–H and O–H groups in total. The van der Waals surface area contributed by atoms with Crippen molar-refractivity contribution in [3.63, 3.8) is 0 Å². The molecule has 0 saturated heterocycles. The van der Waals surface area contributed by atoms with Gasteiger partial charge in [0.05, 0.1) is 17.7 Å². The van der Waals surface area contributed by atoms with Crippen LogP contribution in [-0.4, -0.2) is 32.1 Å². The maximum Gasteiger partial charge on any atom is 0.343 e. The molecule has 0 atom stereocenters. The van der Waals surface area contributed by atoms with Crippen molar-refractivity contribution < 1.29 is 14.5 Å². The van der Waals surface area contributed by atoms with E-state index in [1.165, 1.54) is 29.0 Å². The van der Waals surface area contributed by atoms with E-state index in [0.29, 0.717) is 22.3 Å². The number of ether oxygens (including phenoxy) is 1. The van der Waals surface area contributed by atoms with Crippen molar-refractivity contribution in [2.75, 3.05) is 12.3 Å². The number of benzene rings is 1. The van der Waals surface area contributed by atoms with Crippen molar-refractivity contribution in [3.8, 4) is 11.1 Å². The number of non-ortho nitro benzene ring substituents is 1. The van der Waals surface area contributed by atoms with E-state index < -0.39 is 10.9 Å². The van der Waals surface area contributed by atoms with Gasteiger partial charge in [0.15, 0.2) is 5.65 Å². The summed E-state index contributed by atoms with van der Waals surface area (Å²) in [7, 11) is 0. The number of nitro benzene ring substituents is 1. The van der Waals surface area contributed by atoms with Crippen LogP contribution in [0.3, 0.4) is 0 Å². The van der Waals surface area contributed by atoms with E-state index in [-0.39, 0.29) is 23.7 Å². The Kier molecular flexibility index (Phi) is 4.05. The van der Waals surface area contributed by atoms with Crippen molar-refractivity contribution in [3.05, 3.63) is 51.8 Å². The summed E-state index contributed by atoms with van der Waals surface area (Å²) < 4.78 is 6.32. The molecule has 25 heavy (non-hydrogen) atoms. The zero-order valence-corrected chi connectivity index (χ0v) is 13.6. The van der Waals surface area contributed by atoms with E-state index in [4.69, 9.17) is 10.5 Å². The number of hydrogen-bond donors (Lipinski definition) is 1. The third-order valence-electron chi connectivity index (χ3n) is 3.77. The van der Waals surface area contributed by atoms with Gasteiger partial charge in [-0.2, -0.15) is 9.61 Å². The van der Waals surface area contributed by atoms with Crippen molar-refractivity contribution in [1.82, 2.24) is 14.6 Å². The zero-order valence-electron chi connectivity index (χ0n) is 13.6. The number of aromatic nitrogens is 3. The van der Waals surface area contributed by atoms with Gasteiger partial charge in [0.2, 0.25) is 0 Å². The number of nitrogens with two attached hydrogens (primary N) is 1. The second kappa shape index (κ2) is 6.19. The Morgan fingerprint density at radius 2 is 2.12 bits per heavy atom. The first kappa shape index (κ1) is 16.4. The van der Waals surface area contributed by atoms with Crippen molar-refractivity contribution in [2.45, 2.75) is 13.8 Å². The Balaban J connectivity index is 2.12. The van der Waals surface area contributed by atoms with Crippen LogP contribution in [-0.2, 0) is 4.74 Å². The lowest BCUT2D eigenvalue weighted by Gasteiger charge is -2.10. The fraction of sp³-hybridized carbons (Fsp3) is 0.188. The third-order valence-corrected chi connectivity index (χ3v) is 3.77. The average molecular weight is 341 g/mol. The number of esters is 1. The molecule has 0 spiro atoms. The highest BCUT2D eigenvalue weighted by Gasteiger charge is 2.19. The van der Waals surface area contributed by atoms with E-state index in [0.717, 1.165) is 0 Å². The first-order valence-corrected chi connectivity index (χ1v) is 7.48. The molecule has 0 fully saturated rings. The van der Waals surface area contributed by atoms with Gasteiger partial charge < -0.3 is 10.5 Å². The van der Waals surface area contributed by atoms with Crippen LogP contribution in [0.15, 0.2) is 30.6 Å². The fourth-order valence-corrected chi connectivity index (χ4v) is 2.57. The topological polar surface area (TPSA) is 126 Å². The number of hydrogen-bond acceptors (Lipinski definition) is 7. The minimum atomic E-state index is -0.524. The summed E-state index contributed by atoms with van der Waals surface area (Å²) in [6.45, 7) is 3.70. The van der Waals surface area contributed by atoms with Gasteiger partial charge in [-0.25, -0.2) is 9.78 Å². The lowest BCUT2D eigenvalue weighted by atomic mass is 10.0. The molecular formula is C16H15N5O4. The van der Waals surface area contributed by atoms with Crippen LogP contribution in [0.1, 0.15) is 22.8 Å². The molecule has 0 radical (unpaired) electrons. The lowest BCUT2D eigenvalue weighted by molar-refractivity contribution is -0.384. The molecule has 3 rings (SSSR count). The Labute approximate surface area is 142 Å². The number of aryl methyl sites for hydroxylation is 1. The number of carbonyl (C=O) groups is 1. The maximum atomic E-state index is 11.9. The van der Waals surface area contributed by atoms with E-state index in [9.17, 15) is 14.9 Å². The summed E-state index contributed by atoms with van der Waals surface area (Å²) in [6, 6.07) is 4.48. The number of nitrogens with zero attached hydrogens (tertiary/aromatic N) is 4. The largest absolute Gasteiger partial charge is 0.462 e. The first-order valence-electron chi connectivity index (χ1n) is 7.48. The number of fused-ring (bicyclic) bond motifs is 1. The van der Waals surface area contributed by atoms with Gasteiger partial charge in [0, 0.05) is 23.9 Å². The van der Waals surface area contributed by atoms with Gasteiger partial charge in [0.25, 0.3) is 5.69 Å². The van der Waals surface area contributed by atoms with Crippen LogP contribution in [0.25, 0.3) is 16.8 Å². The van der Waals surface area contributed by atoms with Gasteiger partial charge >= 0.3 is 5.97 Å². The average Bonchev–Trinajstić information content (AvgIpc) is 3.01. The minimum Gasteiger partial charge on any atom is -0.462 e. The van der Waals surface area contributed by atoms with Crippen LogP contribution in [0, 0.1) is 17.0 Å². The standard InChI is InChI=1S/C16H15N5O4/c1-3-25-16(22)13-8-19-20-14(17)12(7-18-15(13)20)11-5-4-10(21(23)24)6-9(11)2/h4-8H,3,17H2,1-2H3. The molecule has 128 valence electrons. The van der Waals surface area contributed by atoms with Gasteiger partial charge in [-0.15, -0.1) is 0 Å². The normalized spacial score (nSPS) is 10.8. The third kappa shape index (κ3) is 2.75. The van der Waals surface area contributed by atoms with Crippen molar-refractivity contribution in [1.29, 1.82) is 0 Å². The van der Waals surface area contributed by atoms with E-state index in [1.54, 1.807) is 19.9 Å². The predicted octanol–water partition coefficient (Wildman–Crippen LogP) is 2.37. The molecule has 0 aliphatic heterocycles. The SMILES string of the molecule is CCOC(=O)c1cnn2c(N)c(-c3ccc([N+](=O)[O-])cc3C)cnc12. The van der Waals surface area contributed by atoms with Crippen molar-refractivity contribution in [2.24, 2.45) is 0 Å². The molecule has 0 aliphatic carbocycles. The number of anilines is 1. The van der Waals surface area contributed by atoms with Crippen LogP contribution < -0.4 is 5.73 Å². The fourth-order valence-electron chi connectivity index (χ4n) is 2.57. The number of nitrogen functional groups attached to an aromatic ring is 1. The molecule has 3 aromatic rings. The Morgan fingerprint density at radius 1 is 1.36 bits per heavy atom. The van der Waals surface area contributed by atoms with Crippen LogP contribution in [0.2, 0.25) is 0 Å². The quantitative estimate of drug-likeness (QED) is 0.438. The van der Waals surface area contributed by atoms with Gasteiger partial charge in [-0.1, -0.05) is 0 Å². The van der Waals surface area contributed by atoms with Gasteiger partial charge in [0.1, 0.15) is 11.4 Å². The summed E-state index contributed by atoms with van der Waals surface area (Å²) in [6.07, 6.45) is 2.87. The summed E-state index contributed by atoms with van der Waals surface area (Å²) in [4.78, 5) is 26.6. The molecule has 2 aromatic heterocycles. The molecule has 0 aliphatic rings. The molecule has 0 bridgehead atoms. The Bertz CT molecular complexity index is 996. The minimum absolute atomic E-state index is 0.00227. The first-order chi connectivity index (χ1) is 11.9. The van der Waals surface area contributed by atoms with E-state index in [1.807, 2.05) is 0 Å². The molecule has 9 nitrogen and oxygen atoms in total. The highest BCUT2D eigenvalue weighted by molar-refractivity contribution is 5.96. The second-order valence-electron chi connectivity index (χ2n) is 5.33. The highest BCUT2D eigenvalue weighted by Crippen LogP contribution is 2.31. The van der Waals surface area contributed by atoms with Crippen LogP contribution in [0.5, 0.6) is 0 Å². The smallest absolute Gasteiger partial charge is 0.343 e. The number of rotatable bonds is 4. The Hall–Kier alpha value is -3.49. The molecule has 2 heterocycles. The summed E-state index contributed by atoms with van der Waals surface area (Å²) >= 11 is 0. The highest BCUT2D eigenvalue weighted by atomic mass is 16.6. The lowest BCUT2D eigenvalue weighted by Crippen LogP contribution is -2.07. The van der Waals surface area contributed by atoms with Gasteiger partial charge in [-0.3, -0.25) is 10.1 Å². The van der Waals surface area contributed by atoms with Crippen molar-refractivity contribution >= 4 is 23.1 Å². The van der Waals surface area contributed by atoms with Crippen LogP contribution in [0.4, 0.5) is 11.5 Å². The van der Waals surface area contributed by atoms with E-state index in [2.05, 4.69) is 10.1 Å². The van der Waals surface area contributed by atoms with Crippen LogP contribution >= 0.6 is 0 Å². The maximum absolute atomic E-state index is 11.9. The number of nitro groups is 1. The molecule has 0 saturated carbocycles. The second-order valence-corrected chi connectivity index (χ2v) is 5.33. The Morgan fingerprint density at radius 3 is 2.76 bits per heavy atom. The number of carbonyl (C=O) groups excluding carboxylic acids is 1. The molecule has 1 aromatic carbocycles. The molecule has 9 heteroatoms.